The van der Waals surface area contributed by atoms with Crippen molar-refractivity contribution in [1.82, 2.24) is 14.8 Å². The summed E-state index contributed by atoms with van der Waals surface area (Å²) < 4.78 is 1.26. The average Bonchev–Trinajstić information content (AvgIpc) is 2.33. The molecule has 0 bridgehead atoms. The summed E-state index contributed by atoms with van der Waals surface area (Å²) >= 11 is 0. The van der Waals surface area contributed by atoms with Crippen LogP contribution in [0.5, 0.6) is 0 Å². The molecule has 0 saturated carbocycles. The number of aromatic nitrogens is 3. The van der Waals surface area contributed by atoms with E-state index in [1.165, 1.54) is 4.68 Å². The largest absolute Gasteiger partial charge is 0.399 e. The van der Waals surface area contributed by atoms with Crippen LogP contribution in [0.3, 0.4) is 0 Å². The van der Waals surface area contributed by atoms with Gasteiger partial charge in [-0.25, -0.2) is 9.48 Å². The molecule has 1 aromatic heterocycles. The summed E-state index contributed by atoms with van der Waals surface area (Å²) in [6.45, 7) is 5.92. The van der Waals surface area contributed by atoms with Crippen LogP contribution in [0.4, 0.5) is 5.69 Å². The number of H-pyrrole nitrogens is 1. The fourth-order valence-corrected chi connectivity index (χ4v) is 1.83. The third-order valence-electron chi connectivity index (χ3n) is 2.91. The van der Waals surface area contributed by atoms with Crippen molar-refractivity contribution in [2.24, 2.45) is 0 Å². The number of nitrogens with two attached hydrogens (primary N) is 1. The van der Waals surface area contributed by atoms with Gasteiger partial charge in [0, 0.05) is 11.1 Å². The van der Waals surface area contributed by atoms with E-state index >= 15 is 0 Å². The number of nitrogen functional groups attached to an aromatic ring is 1. The van der Waals surface area contributed by atoms with Gasteiger partial charge in [-0.2, -0.15) is 5.10 Å². The van der Waals surface area contributed by atoms with Gasteiger partial charge in [0.25, 0.3) is 5.56 Å². The van der Waals surface area contributed by atoms with Gasteiger partial charge in [0.1, 0.15) is 5.69 Å². The van der Waals surface area contributed by atoms with Gasteiger partial charge < -0.3 is 5.73 Å². The van der Waals surface area contributed by atoms with Crippen molar-refractivity contribution >= 4 is 5.69 Å². The molecule has 0 aliphatic heterocycles. The van der Waals surface area contributed by atoms with Crippen molar-refractivity contribution in [3.05, 3.63) is 56.4 Å². The lowest BCUT2D eigenvalue weighted by Gasteiger charge is -2.17. The molecule has 0 atom stereocenters. The standard InChI is InChI=1S/C14H18N4O2/c1-14(2,3)11-12(19)16-13(20)18(17-11)8-9-4-6-10(15)7-5-9/h4-7H,8,15H2,1-3H3,(H,16,19,20). The first-order valence-corrected chi connectivity index (χ1v) is 6.34. The first-order chi connectivity index (χ1) is 9.27. The number of nitrogens with one attached hydrogen (secondary N) is 1. The number of anilines is 1. The molecule has 6 heteroatoms. The minimum Gasteiger partial charge on any atom is -0.399 e. The molecule has 0 spiro atoms. The van der Waals surface area contributed by atoms with Gasteiger partial charge in [0.15, 0.2) is 0 Å². The second kappa shape index (κ2) is 4.96. The highest BCUT2D eigenvalue weighted by Crippen LogP contribution is 2.15. The van der Waals surface area contributed by atoms with Gasteiger partial charge >= 0.3 is 5.69 Å². The Balaban J connectivity index is 2.44. The van der Waals surface area contributed by atoms with Crippen LogP contribution in [0.1, 0.15) is 32.0 Å². The zero-order chi connectivity index (χ0) is 14.9. The summed E-state index contributed by atoms with van der Waals surface area (Å²) in [5.41, 5.74) is 6.13. The Morgan fingerprint density at radius 3 is 2.35 bits per heavy atom. The molecule has 3 N–H and O–H groups in total. The van der Waals surface area contributed by atoms with Crippen molar-refractivity contribution in [1.29, 1.82) is 0 Å². The van der Waals surface area contributed by atoms with Crippen molar-refractivity contribution in [2.45, 2.75) is 32.7 Å². The first kappa shape index (κ1) is 14.0. The van der Waals surface area contributed by atoms with Crippen LogP contribution in [0.2, 0.25) is 0 Å². The summed E-state index contributed by atoms with van der Waals surface area (Å²) in [5.74, 6) is 0. The fraction of sp³-hybridized carbons (Fsp3) is 0.357. The zero-order valence-electron chi connectivity index (χ0n) is 11.8. The molecule has 0 amide bonds. The normalized spacial score (nSPS) is 11.6. The summed E-state index contributed by atoms with van der Waals surface area (Å²) in [6, 6.07) is 7.17. The van der Waals surface area contributed by atoms with Gasteiger partial charge in [-0.3, -0.25) is 9.78 Å². The molecule has 0 aliphatic rings. The zero-order valence-corrected chi connectivity index (χ0v) is 11.8. The van der Waals surface area contributed by atoms with Crippen molar-refractivity contribution in [3.63, 3.8) is 0 Å². The lowest BCUT2D eigenvalue weighted by Crippen LogP contribution is -2.39. The summed E-state index contributed by atoms with van der Waals surface area (Å²) in [7, 11) is 0. The molecule has 0 saturated heterocycles. The lowest BCUT2D eigenvalue weighted by atomic mass is 9.93. The summed E-state index contributed by atoms with van der Waals surface area (Å²) in [5, 5.41) is 4.19. The van der Waals surface area contributed by atoms with Crippen LogP contribution in [0.15, 0.2) is 33.9 Å². The third-order valence-corrected chi connectivity index (χ3v) is 2.91. The van der Waals surface area contributed by atoms with Crippen molar-refractivity contribution < 1.29 is 0 Å². The van der Waals surface area contributed by atoms with E-state index in [1.807, 2.05) is 32.9 Å². The Morgan fingerprint density at radius 1 is 1.20 bits per heavy atom. The van der Waals surface area contributed by atoms with E-state index in [4.69, 9.17) is 5.73 Å². The SMILES string of the molecule is CC(C)(C)c1nn(Cc2ccc(N)cc2)c(=O)[nH]c1=O. The number of aromatic amines is 1. The number of benzene rings is 1. The number of hydrogen-bond donors (Lipinski definition) is 2. The maximum absolute atomic E-state index is 11.8. The third kappa shape index (κ3) is 2.96. The maximum Gasteiger partial charge on any atom is 0.345 e. The Bertz CT molecular complexity index is 721. The number of rotatable bonds is 2. The topological polar surface area (TPSA) is 93.8 Å². The smallest absolute Gasteiger partial charge is 0.345 e. The molecular formula is C14H18N4O2. The fourth-order valence-electron chi connectivity index (χ4n) is 1.83. The molecule has 0 aliphatic carbocycles. The molecule has 106 valence electrons. The Morgan fingerprint density at radius 2 is 1.80 bits per heavy atom. The minimum atomic E-state index is -0.514. The predicted octanol–water partition coefficient (Wildman–Crippen LogP) is 0.860. The molecule has 2 rings (SSSR count). The lowest BCUT2D eigenvalue weighted by molar-refractivity contribution is 0.496. The highest BCUT2D eigenvalue weighted by molar-refractivity contribution is 5.39. The predicted molar refractivity (Wildman–Crippen MR) is 77.8 cm³/mol. The molecule has 20 heavy (non-hydrogen) atoms. The van der Waals surface area contributed by atoms with Gasteiger partial charge in [-0.1, -0.05) is 32.9 Å². The first-order valence-electron chi connectivity index (χ1n) is 6.34. The minimum absolute atomic E-state index is 0.291. The number of nitrogens with zero attached hydrogens (tertiary/aromatic N) is 2. The molecule has 0 unspecified atom stereocenters. The van der Waals surface area contributed by atoms with Crippen LogP contribution in [-0.2, 0) is 12.0 Å². The van der Waals surface area contributed by atoms with E-state index in [-0.39, 0.29) is 0 Å². The van der Waals surface area contributed by atoms with E-state index in [1.54, 1.807) is 12.1 Å². The van der Waals surface area contributed by atoms with Gasteiger partial charge in [0.2, 0.25) is 0 Å². The molecule has 1 aromatic carbocycles. The van der Waals surface area contributed by atoms with Crippen LogP contribution >= 0.6 is 0 Å². The number of hydrogen-bond acceptors (Lipinski definition) is 4. The Labute approximate surface area is 116 Å². The van der Waals surface area contributed by atoms with E-state index in [9.17, 15) is 9.59 Å². The van der Waals surface area contributed by atoms with Crippen LogP contribution in [0.25, 0.3) is 0 Å². The maximum atomic E-state index is 11.8. The van der Waals surface area contributed by atoms with E-state index in [0.29, 0.717) is 17.9 Å². The quantitative estimate of drug-likeness (QED) is 0.794. The monoisotopic (exact) mass is 274 g/mol. The van der Waals surface area contributed by atoms with Gasteiger partial charge in [0.05, 0.1) is 6.54 Å². The van der Waals surface area contributed by atoms with Gasteiger partial charge in [-0.15, -0.1) is 0 Å². The van der Waals surface area contributed by atoms with E-state index in [0.717, 1.165) is 5.56 Å². The second-order valence-electron chi connectivity index (χ2n) is 5.76. The summed E-state index contributed by atoms with van der Waals surface area (Å²) in [6.07, 6.45) is 0. The molecule has 0 radical (unpaired) electrons. The molecular weight excluding hydrogens is 256 g/mol. The Hall–Kier alpha value is -2.37. The second-order valence-corrected chi connectivity index (χ2v) is 5.76. The average molecular weight is 274 g/mol. The molecule has 6 nitrogen and oxygen atoms in total. The highest BCUT2D eigenvalue weighted by atomic mass is 16.2. The van der Waals surface area contributed by atoms with Crippen LogP contribution in [-0.4, -0.2) is 14.8 Å². The van der Waals surface area contributed by atoms with Crippen molar-refractivity contribution in [3.8, 4) is 0 Å². The van der Waals surface area contributed by atoms with Gasteiger partial charge in [-0.05, 0) is 17.7 Å². The van der Waals surface area contributed by atoms with E-state index in [2.05, 4.69) is 10.1 Å². The highest BCUT2D eigenvalue weighted by Gasteiger charge is 2.21. The molecule has 1 heterocycles. The molecule has 2 aromatic rings. The van der Waals surface area contributed by atoms with E-state index < -0.39 is 16.7 Å². The summed E-state index contributed by atoms with van der Waals surface area (Å²) in [4.78, 5) is 25.9. The van der Waals surface area contributed by atoms with Crippen LogP contribution in [0, 0.1) is 0 Å². The van der Waals surface area contributed by atoms with Crippen LogP contribution < -0.4 is 17.0 Å². The Kier molecular flexibility index (Phi) is 3.48. The van der Waals surface area contributed by atoms with Crippen molar-refractivity contribution in [2.75, 3.05) is 5.73 Å². The molecule has 0 fully saturated rings.